The van der Waals surface area contributed by atoms with E-state index in [1.54, 1.807) is 31.4 Å². The van der Waals surface area contributed by atoms with Gasteiger partial charge in [-0.2, -0.15) is 0 Å². The lowest BCUT2D eigenvalue weighted by Gasteiger charge is -2.33. The second-order valence-corrected chi connectivity index (χ2v) is 4.85. The number of benzene rings is 1. The normalized spacial score (nSPS) is 17.4. The molecule has 110 valence electrons. The molecule has 1 aliphatic heterocycles. The van der Waals surface area contributed by atoms with Gasteiger partial charge in [-0.05, 0) is 25.0 Å². The van der Waals surface area contributed by atoms with Crippen LogP contribution in [0.4, 0.5) is 0 Å². The fourth-order valence-electron chi connectivity index (χ4n) is 2.46. The van der Waals surface area contributed by atoms with E-state index in [1.165, 1.54) is 0 Å². The van der Waals surface area contributed by atoms with Crippen molar-refractivity contribution in [2.75, 3.05) is 27.3 Å². The van der Waals surface area contributed by atoms with Crippen LogP contribution in [0.15, 0.2) is 30.3 Å². The number of nitrogens with zero attached hydrogens (tertiary/aromatic N) is 1. The Bertz CT molecular complexity index is 411. The van der Waals surface area contributed by atoms with E-state index < -0.39 is 0 Å². The Morgan fingerprint density at radius 2 is 1.75 bits per heavy atom. The van der Waals surface area contributed by atoms with E-state index in [2.05, 4.69) is 0 Å². The zero-order valence-corrected chi connectivity index (χ0v) is 12.0. The lowest BCUT2D eigenvalue weighted by Crippen LogP contribution is -2.40. The summed E-state index contributed by atoms with van der Waals surface area (Å²) in [6.07, 6.45) is 1.59. The van der Waals surface area contributed by atoms with Gasteiger partial charge in [-0.1, -0.05) is 18.2 Å². The van der Waals surface area contributed by atoms with Gasteiger partial charge in [0, 0.05) is 33.2 Å². The minimum atomic E-state index is -0.306. The van der Waals surface area contributed by atoms with E-state index in [9.17, 15) is 4.79 Å². The van der Waals surface area contributed by atoms with Gasteiger partial charge < -0.3 is 14.3 Å². The third-order valence-electron chi connectivity index (χ3n) is 3.57. The molecule has 0 atom stereocenters. The largest absolute Gasteiger partial charge is 0.364 e. The number of rotatable bonds is 5. The molecule has 5 heteroatoms. The second-order valence-electron chi connectivity index (χ2n) is 4.85. The Morgan fingerprint density at radius 3 is 2.30 bits per heavy atom. The average molecular weight is 279 g/mol. The molecule has 1 fully saturated rings. The number of hydroxylamine groups is 2. The molecule has 0 spiro atoms. The van der Waals surface area contributed by atoms with Crippen molar-refractivity contribution in [3.63, 3.8) is 0 Å². The van der Waals surface area contributed by atoms with Crippen molar-refractivity contribution >= 4 is 5.97 Å². The summed E-state index contributed by atoms with van der Waals surface area (Å²) in [5, 5.41) is 1.72. The maximum Gasteiger partial charge on any atom is 0.357 e. The molecule has 0 unspecified atom stereocenters. The molecule has 1 aliphatic rings. The lowest BCUT2D eigenvalue weighted by atomic mass is 9.97. The maximum absolute atomic E-state index is 11.9. The molecule has 1 heterocycles. The standard InChI is InChI=1S/C15H21NO4/c1-18-15(19-2)13-8-10-16(11-9-13)20-14(17)12-6-4-3-5-7-12/h3-7,13,15H,8-11H2,1-2H3. The minimum absolute atomic E-state index is 0.179. The Labute approximate surface area is 119 Å². The van der Waals surface area contributed by atoms with Crippen LogP contribution in [0.5, 0.6) is 0 Å². The van der Waals surface area contributed by atoms with Crippen molar-refractivity contribution in [3.8, 4) is 0 Å². The molecule has 1 aromatic carbocycles. The molecule has 0 saturated carbocycles. The van der Waals surface area contributed by atoms with Gasteiger partial charge in [0.05, 0.1) is 5.56 Å². The Balaban J connectivity index is 1.81. The van der Waals surface area contributed by atoms with Crippen LogP contribution in [0.1, 0.15) is 23.2 Å². The molecule has 0 radical (unpaired) electrons. The number of carbonyl (C=O) groups excluding carboxylic acids is 1. The highest BCUT2D eigenvalue weighted by atomic mass is 16.7. The predicted molar refractivity (Wildman–Crippen MR) is 74.0 cm³/mol. The zero-order chi connectivity index (χ0) is 14.4. The van der Waals surface area contributed by atoms with Crippen LogP contribution < -0.4 is 0 Å². The van der Waals surface area contributed by atoms with Gasteiger partial charge in [-0.15, -0.1) is 5.06 Å². The smallest absolute Gasteiger partial charge is 0.357 e. The van der Waals surface area contributed by atoms with Crippen molar-refractivity contribution in [2.24, 2.45) is 5.92 Å². The second kappa shape index (κ2) is 7.38. The molecule has 0 amide bonds. The molecule has 5 nitrogen and oxygen atoms in total. The summed E-state index contributed by atoms with van der Waals surface area (Å²) < 4.78 is 10.6. The molecular weight excluding hydrogens is 258 g/mol. The Morgan fingerprint density at radius 1 is 1.15 bits per heavy atom. The summed E-state index contributed by atoms with van der Waals surface area (Å²) in [5.41, 5.74) is 0.571. The van der Waals surface area contributed by atoms with Crippen molar-refractivity contribution < 1.29 is 19.1 Å². The molecule has 1 saturated heterocycles. The van der Waals surface area contributed by atoms with Crippen LogP contribution >= 0.6 is 0 Å². The SMILES string of the molecule is COC(OC)C1CCN(OC(=O)c2ccccc2)CC1. The van der Waals surface area contributed by atoms with Gasteiger partial charge in [-0.25, -0.2) is 4.79 Å². The van der Waals surface area contributed by atoms with E-state index in [0.717, 1.165) is 12.8 Å². The monoisotopic (exact) mass is 279 g/mol. The van der Waals surface area contributed by atoms with Gasteiger partial charge in [0.25, 0.3) is 0 Å². The minimum Gasteiger partial charge on any atom is -0.364 e. The summed E-state index contributed by atoms with van der Waals surface area (Å²) in [5.74, 6) is 0.0377. The van der Waals surface area contributed by atoms with E-state index >= 15 is 0 Å². The fourth-order valence-corrected chi connectivity index (χ4v) is 2.46. The van der Waals surface area contributed by atoms with Crippen molar-refractivity contribution in [3.05, 3.63) is 35.9 Å². The molecule has 2 rings (SSSR count). The highest BCUT2D eigenvalue weighted by Gasteiger charge is 2.28. The quantitative estimate of drug-likeness (QED) is 0.772. The number of hydrogen-bond donors (Lipinski definition) is 0. The van der Waals surface area contributed by atoms with E-state index in [-0.39, 0.29) is 12.3 Å². The zero-order valence-electron chi connectivity index (χ0n) is 12.0. The third kappa shape index (κ3) is 3.79. The van der Waals surface area contributed by atoms with Gasteiger partial charge in [-0.3, -0.25) is 0 Å². The number of hydrogen-bond acceptors (Lipinski definition) is 5. The number of ether oxygens (including phenoxy) is 2. The van der Waals surface area contributed by atoms with Crippen LogP contribution in [0.2, 0.25) is 0 Å². The first kappa shape index (κ1) is 15.0. The van der Waals surface area contributed by atoms with Gasteiger partial charge >= 0.3 is 5.97 Å². The topological polar surface area (TPSA) is 48.0 Å². The molecule has 20 heavy (non-hydrogen) atoms. The summed E-state index contributed by atoms with van der Waals surface area (Å²) in [6.45, 7) is 1.40. The van der Waals surface area contributed by atoms with Crippen molar-refractivity contribution in [1.29, 1.82) is 0 Å². The first-order valence-corrected chi connectivity index (χ1v) is 6.82. The van der Waals surface area contributed by atoms with Crippen LogP contribution in [0.25, 0.3) is 0 Å². The van der Waals surface area contributed by atoms with Crippen molar-refractivity contribution in [2.45, 2.75) is 19.1 Å². The highest BCUT2D eigenvalue weighted by molar-refractivity contribution is 5.89. The van der Waals surface area contributed by atoms with Crippen LogP contribution in [-0.2, 0) is 14.3 Å². The summed E-state index contributed by atoms with van der Waals surface area (Å²) in [6, 6.07) is 9.02. The van der Waals surface area contributed by atoms with Gasteiger partial charge in [0.15, 0.2) is 6.29 Å². The van der Waals surface area contributed by atoms with Crippen LogP contribution in [0.3, 0.4) is 0 Å². The average Bonchev–Trinajstić information content (AvgIpc) is 2.51. The predicted octanol–water partition coefficient (Wildman–Crippen LogP) is 2.09. The summed E-state index contributed by atoms with van der Waals surface area (Å²) >= 11 is 0. The molecule has 0 aromatic heterocycles. The van der Waals surface area contributed by atoms with Gasteiger partial charge in [0.2, 0.25) is 0 Å². The Kier molecular flexibility index (Phi) is 5.52. The first-order chi connectivity index (χ1) is 9.74. The molecule has 1 aromatic rings. The molecule has 0 aliphatic carbocycles. The molecule has 0 N–H and O–H groups in total. The number of methoxy groups -OCH3 is 2. The third-order valence-corrected chi connectivity index (χ3v) is 3.57. The van der Waals surface area contributed by atoms with Gasteiger partial charge in [0.1, 0.15) is 0 Å². The fraction of sp³-hybridized carbons (Fsp3) is 0.533. The van der Waals surface area contributed by atoms with Crippen molar-refractivity contribution in [1.82, 2.24) is 5.06 Å². The van der Waals surface area contributed by atoms with E-state index in [4.69, 9.17) is 14.3 Å². The lowest BCUT2D eigenvalue weighted by molar-refractivity contribution is -0.175. The van der Waals surface area contributed by atoms with E-state index in [1.807, 2.05) is 18.2 Å². The number of carbonyl (C=O) groups is 1. The molecular formula is C15H21NO4. The maximum atomic E-state index is 11.9. The number of piperidine rings is 1. The van der Waals surface area contributed by atoms with Crippen LogP contribution in [0, 0.1) is 5.92 Å². The first-order valence-electron chi connectivity index (χ1n) is 6.82. The molecule has 0 bridgehead atoms. The highest BCUT2D eigenvalue weighted by Crippen LogP contribution is 2.23. The summed E-state index contributed by atoms with van der Waals surface area (Å²) in [7, 11) is 3.30. The van der Waals surface area contributed by atoms with Crippen LogP contribution in [-0.4, -0.2) is 44.6 Å². The summed E-state index contributed by atoms with van der Waals surface area (Å²) in [4.78, 5) is 17.3. The van der Waals surface area contributed by atoms with E-state index in [0.29, 0.717) is 24.6 Å². The Hall–Kier alpha value is -1.43.